The second-order valence-electron chi connectivity index (χ2n) is 10.3. The van der Waals surface area contributed by atoms with Crippen LogP contribution in [0.3, 0.4) is 0 Å². The lowest BCUT2D eigenvalue weighted by Gasteiger charge is -2.38. The molecule has 5 heteroatoms. The Morgan fingerprint density at radius 3 is 2.24 bits per heavy atom. The summed E-state index contributed by atoms with van der Waals surface area (Å²) < 4.78 is 17.8. The molecule has 33 heavy (non-hydrogen) atoms. The Hall–Kier alpha value is -2.08. The molecule has 0 aromatic heterocycles. The Morgan fingerprint density at radius 1 is 1.03 bits per heavy atom. The third-order valence-electron chi connectivity index (χ3n) is 6.62. The van der Waals surface area contributed by atoms with Gasteiger partial charge in [0.05, 0.1) is 26.4 Å². The molecule has 0 fully saturated rings. The number of anilines is 1. The highest BCUT2D eigenvalue weighted by atomic mass is 28.4. The van der Waals surface area contributed by atoms with Crippen LogP contribution in [0.25, 0.3) is 0 Å². The number of ether oxygens (including phenoxy) is 2. The van der Waals surface area contributed by atoms with E-state index in [9.17, 15) is 0 Å². The predicted octanol–water partition coefficient (Wildman–Crippen LogP) is 7.30. The van der Waals surface area contributed by atoms with Crippen molar-refractivity contribution in [3.8, 4) is 5.75 Å². The van der Waals surface area contributed by atoms with Gasteiger partial charge in [0.1, 0.15) is 5.75 Å². The van der Waals surface area contributed by atoms with Gasteiger partial charge in [0.2, 0.25) is 0 Å². The summed E-state index contributed by atoms with van der Waals surface area (Å²) in [6, 6.07) is 18.5. The molecule has 0 unspecified atom stereocenters. The molecule has 0 heterocycles. The minimum absolute atomic E-state index is 0.142. The summed E-state index contributed by atoms with van der Waals surface area (Å²) in [7, 11) is -0.122. The quantitative estimate of drug-likeness (QED) is 0.201. The van der Waals surface area contributed by atoms with E-state index >= 15 is 0 Å². The molecule has 0 radical (unpaired) electrons. The molecule has 182 valence electrons. The molecule has 0 aliphatic heterocycles. The minimum atomic E-state index is -1.81. The standard InChI is InChI=1S/C28H43NO3Si/c1-22(18-19-31-21-24-12-10-9-11-13-24)27(29-25-14-16-26(30-6)17-15-25)23(2)20-32-33(7,8)28(3,4)5/h9-18,23,27,29H,19-21H2,1-8H3/b22-18+/t23-,27+/m0/s1. The topological polar surface area (TPSA) is 39.7 Å². The van der Waals surface area contributed by atoms with Crippen molar-refractivity contribution in [3.63, 3.8) is 0 Å². The first kappa shape index (κ1) is 27.2. The maximum absolute atomic E-state index is 6.56. The van der Waals surface area contributed by atoms with Crippen LogP contribution in [0.15, 0.2) is 66.2 Å². The molecule has 1 N–H and O–H groups in total. The third kappa shape index (κ3) is 8.65. The fraction of sp³-hybridized carbons (Fsp3) is 0.500. The van der Waals surface area contributed by atoms with E-state index in [1.54, 1.807) is 7.11 Å². The zero-order valence-corrected chi connectivity index (χ0v) is 22.8. The Balaban J connectivity index is 2.08. The zero-order chi connectivity index (χ0) is 24.5. The van der Waals surface area contributed by atoms with Gasteiger partial charge in [-0.3, -0.25) is 0 Å². The van der Waals surface area contributed by atoms with Crippen LogP contribution in [0.5, 0.6) is 5.75 Å². The molecule has 0 spiro atoms. The average molecular weight is 470 g/mol. The van der Waals surface area contributed by atoms with Crippen LogP contribution in [0.4, 0.5) is 5.69 Å². The first-order chi connectivity index (χ1) is 15.5. The largest absolute Gasteiger partial charge is 0.497 e. The van der Waals surface area contributed by atoms with Crippen molar-refractivity contribution < 1.29 is 13.9 Å². The molecular formula is C28H43NO3Si. The Morgan fingerprint density at radius 2 is 1.67 bits per heavy atom. The second kappa shape index (κ2) is 12.4. The maximum atomic E-state index is 6.56. The van der Waals surface area contributed by atoms with Crippen LogP contribution >= 0.6 is 0 Å². The van der Waals surface area contributed by atoms with Crippen LogP contribution < -0.4 is 10.1 Å². The molecule has 0 saturated heterocycles. The lowest BCUT2D eigenvalue weighted by molar-refractivity contribution is 0.148. The number of rotatable bonds is 12. The normalized spacial score (nSPS) is 14.6. The van der Waals surface area contributed by atoms with E-state index in [2.05, 4.69) is 83.4 Å². The molecule has 2 aromatic carbocycles. The van der Waals surface area contributed by atoms with Gasteiger partial charge in [0.25, 0.3) is 0 Å². The smallest absolute Gasteiger partial charge is 0.191 e. The summed E-state index contributed by atoms with van der Waals surface area (Å²) in [4.78, 5) is 0. The molecule has 0 amide bonds. The van der Waals surface area contributed by atoms with E-state index in [0.29, 0.717) is 19.1 Å². The van der Waals surface area contributed by atoms with Crippen molar-refractivity contribution >= 4 is 14.0 Å². The van der Waals surface area contributed by atoms with Gasteiger partial charge in [0, 0.05) is 18.2 Å². The lowest BCUT2D eigenvalue weighted by Crippen LogP contribution is -2.43. The van der Waals surface area contributed by atoms with E-state index in [-0.39, 0.29) is 11.1 Å². The molecule has 0 bridgehead atoms. The summed E-state index contributed by atoms with van der Waals surface area (Å²) >= 11 is 0. The van der Waals surface area contributed by atoms with E-state index < -0.39 is 8.32 Å². The molecule has 0 aliphatic rings. The fourth-order valence-electron chi connectivity index (χ4n) is 3.29. The SMILES string of the molecule is COc1ccc(N[C@H](/C(C)=C/COCc2ccccc2)[C@@H](C)CO[Si](C)(C)C(C)(C)C)cc1. The molecule has 0 aliphatic carbocycles. The van der Waals surface area contributed by atoms with Crippen molar-refractivity contribution in [2.75, 3.05) is 25.6 Å². The highest BCUT2D eigenvalue weighted by Crippen LogP contribution is 2.37. The summed E-state index contributed by atoms with van der Waals surface area (Å²) in [6.07, 6.45) is 2.19. The van der Waals surface area contributed by atoms with Crippen molar-refractivity contribution in [3.05, 3.63) is 71.8 Å². The number of nitrogens with one attached hydrogen (secondary N) is 1. The average Bonchev–Trinajstić information content (AvgIpc) is 2.79. The van der Waals surface area contributed by atoms with Crippen molar-refractivity contribution in [2.45, 2.75) is 65.4 Å². The van der Waals surface area contributed by atoms with Crippen LogP contribution in [-0.4, -0.2) is 34.7 Å². The number of hydrogen-bond donors (Lipinski definition) is 1. The van der Waals surface area contributed by atoms with Crippen LogP contribution in [0.2, 0.25) is 18.1 Å². The van der Waals surface area contributed by atoms with Gasteiger partial charge in [-0.05, 0) is 54.9 Å². The van der Waals surface area contributed by atoms with E-state index in [1.807, 2.05) is 30.3 Å². The van der Waals surface area contributed by atoms with Gasteiger partial charge in [0.15, 0.2) is 8.32 Å². The molecule has 2 aromatic rings. The number of methoxy groups -OCH3 is 1. The maximum Gasteiger partial charge on any atom is 0.191 e. The van der Waals surface area contributed by atoms with Gasteiger partial charge < -0.3 is 19.2 Å². The highest BCUT2D eigenvalue weighted by molar-refractivity contribution is 6.74. The molecule has 2 atom stereocenters. The number of benzene rings is 2. The third-order valence-corrected chi connectivity index (χ3v) is 11.1. The Labute approximate surface area is 202 Å². The van der Waals surface area contributed by atoms with Crippen molar-refractivity contribution in [1.29, 1.82) is 0 Å². The van der Waals surface area contributed by atoms with Crippen molar-refractivity contribution in [1.82, 2.24) is 0 Å². The zero-order valence-electron chi connectivity index (χ0n) is 21.8. The van der Waals surface area contributed by atoms with Crippen LogP contribution in [-0.2, 0) is 15.8 Å². The predicted molar refractivity (Wildman–Crippen MR) is 143 cm³/mol. The van der Waals surface area contributed by atoms with E-state index in [1.165, 1.54) is 11.1 Å². The Bertz CT molecular complexity index is 857. The molecular weight excluding hydrogens is 426 g/mol. The first-order valence-electron chi connectivity index (χ1n) is 11.9. The van der Waals surface area contributed by atoms with Crippen LogP contribution in [0, 0.1) is 5.92 Å². The van der Waals surface area contributed by atoms with Gasteiger partial charge in [-0.2, -0.15) is 0 Å². The van der Waals surface area contributed by atoms with Gasteiger partial charge in [-0.1, -0.05) is 69.7 Å². The van der Waals surface area contributed by atoms with Crippen molar-refractivity contribution in [2.24, 2.45) is 5.92 Å². The van der Waals surface area contributed by atoms with Crippen LogP contribution in [0.1, 0.15) is 40.2 Å². The summed E-state index contributed by atoms with van der Waals surface area (Å²) in [5.41, 5.74) is 3.51. The van der Waals surface area contributed by atoms with Gasteiger partial charge >= 0.3 is 0 Å². The molecule has 0 saturated carbocycles. The van der Waals surface area contributed by atoms with Gasteiger partial charge in [-0.25, -0.2) is 0 Å². The lowest BCUT2D eigenvalue weighted by atomic mass is 9.95. The first-order valence-corrected chi connectivity index (χ1v) is 14.8. The van der Waals surface area contributed by atoms with E-state index in [4.69, 9.17) is 13.9 Å². The summed E-state index contributed by atoms with van der Waals surface area (Å²) in [6.45, 7) is 17.8. The monoisotopic (exact) mass is 469 g/mol. The molecule has 2 rings (SSSR count). The highest BCUT2D eigenvalue weighted by Gasteiger charge is 2.37. The minimum Gasteiger partial charge on any atom is -0.497 e. The molecule has 4 nitrogen and oxygen atoms in total. The fourth-order valence-corrected chi connectivity index (χ4v) is 4.41. The second-order valence-corrected chi connectivity index (χ2v) is 15.2. The Kier molecular flexibility index (Phi) is 10.2. The summed E-state index contributed by atoms with van der Waals surface area (Å²) in [5.74, 6) is 1.15. The summed E-state index contributed by atoms with van der Waals surface area (Å²) in [5, 5.41) is 3.92. The van der Waals surface area contributed by atoms with Gasteiger partial charge in [-0.15, -0.1) is 0 Å². The number of hydrogen-bond acceptors (Lipinski definition) is 4. The van der Waals surface area contributed by atoms with E-state index in [0.717, 1.165) is 18.0 Å².